The van der Waals surface area contributed by atoms with Crippen molar-refractivity contribution in [3.05, 3.63) is 28.2 Å². The lowest BCUT2D eigenvalue weighted by Crippen LogP contribution is -2.27. The van der Waals surface area contributed by atoms with Crippen LogP contribution in [0.25, 0.3) is 0 Å². The van der Waals surface area contributed by atoms with Gasteiger partial charge in [-0.3, -0.25) is 4.79 Å². The molecular weight excluding hydrogens is 332 g/mol. The fourth-order valence-corrected chi connectivity index (χ4v) is 3.12. The van der Waals surface area contributed by atoms with Crippen LogP contribution in [0.3, 0.4) is 0 Å². The Morgan fingerprint density at radius 3 is 2.58 bits per heavy atom. The second-order valence-electron chi connectivity index (χ2n) is 4.05. The van der Waals surface area contributed by atoms with Crippen LogP contribution >= 0.6 is 15.9 Å². The first-order valence-electron chi connectivity index (χ1n) is 5.83. The van der Waals surface area contributed by atoms with Gasteiger partial charge >= 0.3 is 0 Å². The molecule has 19 heavy (non-hydrogen) atoms. The Kier molecular flexibility index (Phi) is 6.12. The van der Waals surface area contributed by atoms with Gasteiger partial charge in [0.25, 0.3) is 0 Å². The molecule has 0 spiro atoms. The van der Waals surface area contributed by atoms with E-state index < -0.39 is 10.0 Å². The van der Waals surface area contributed by atoms with Crippen LogP contribution in [0.4, 0.5) is 0 Å². The molecule has 0 atom stereocenters. The lowest BCUT2D eigenvalue weighted by molar-refractivity contribution is 0.101. The van der Waals surface area contributed by atoms with Gasteiger partial charge in [0.2, 0.25) is 10.0 Å². The third-order valence-corrected chi connectivity index (χ3v) is 4.67. The minimum absolute atomic E-state index is 0.102. The highest BCUT2D eigenvalue weighted by molar-refractivity contribution is 9.10. The van der Waals surface area contributed by atoms with Crippen molar-refractivity contribution in [3.8, 4) is 0 Å². The second kappa shape index (κ2) is 7.14. The molecule has 0 amide bonds. The summed E-state index contributed by atoms with van der Waals surface area (Å²) in [5, 5.41) is 2.94. The van der Waals surface area contributed by atoms with Crippen molar-refractivity contribution in [2.24, 2.45) is 0 Å². The number of rotatable bonds is 7. The van der Waals surface area contributed by atoms with Gasteiger partial charge in [0.15, 0.2) is 5.78 Å². The first-order valence-corrected chi connectivity index (χ1v) is 8.11. The van der Waals surface area contributed by atoms with Crippen molar-refractivity contribution in [3.63, 3.8) is 0 Å². The van der Waals surface area contributed by atoms with Gasteiger partial charge in [0.05, 0.1) is 4.90 Å². The van der Waals surface area contributed by atoms with Crippen molar-refractivity contribution in [1.29, 1.82) is 0 Å². The van der Waals surface area contributed by atoms with Gasteiger partial charge in [0, 0.05) is 16.6 Å². The van der Waals surface area contributed by atoms with E-state index in [2.05, 4.69) is 26.0 Å². The van der Waals surface area contributed by atoms with E-state index in [0.717, 1.165) is 6.54 Å². The molecule has 1 rings (SSSR count). The van der Waals surface area contributed by atoms with Crippen molar-refractivity contribution in [2.75, 3.05) is 20.1 Å². The zero-order chi connectivity index (χ0) is 14.5. The van der Waals surface area contributed by atoms with Gasteiger partial charge in [0.1, 0.15) is 0 Å². The molecule has 0 aromatic heterocycles. The molecule has 0 unspecified atom stereocenters. The summed E-state index contributed by atoms with van der Waals surface area (Å²) in [6.45, 7) is 2.49. The summed E-state index contributed by atoms with van der Waals surface area (Å²) in [7, 11) is -1.76. The Labute approximate surface area is 122 Å². The summed E-state index contributed by atoms with van der Waals surface area (Å²) in [4.78, 5) is 11.5. The summed E-state index contributed by atoms with van der Waals surface area (Å²) < 4.78 is 27.1. The number of nitrogens with one attached hydrogen (secondary N) is 2. The monoisotopic (exact) mass is 348 g/mol. The van der Waals surface area contributed by atoms with Crippen LogP contribution in [-0.2, 0) is 10.0 Å². The Morgan fingerprint density at radius 2 is 2.00 bits per heavy atom. The lowest BCUT2D eigenvalue weighted by atomic mass is 10.1. The molecule has 0 fully saturated rings. The molecule has 0 heterocycles. The number of halogens is 1. The van der Waals surface area contributed by atoms with Gasteiger partial charge in [-0.15, -0.1) is 0 Å². The van der Waals surface area contributed by atoms with Crippen LogP contribution in [0.2, 0.25) is 0 Å². The molecule has 1 aromatic carbocycles. The molecule has 0 saturated carbocycles. The number of sulfonamides is 1. The standard InChI is InChI=1S/C12H17BrN2O3S/c1-9(16)11-8-10(4-5-12(11)13)19(17,18)15-7-3-6-14-2/h4-5,8,14-15H,3,6-7H2,1-2H3. The van der Waals surface area contributed by atoms with Crippen molar-refractivity contribution < 1.29 is 13.2 Å². The van der Waals surface area contributed by atoms with Crippen LogP contribution < -0.4 is 10.0 Å². The Bertz CT molecular complexity index is 558. The van der Waals surface area contributed by atoms with Gasteiger partial charge in [-0.05, 0) is 45.1 Å². The Balaban J connectivity index is 2.89. The highest BCUT2D eigenvalue weighted by Crippen LogP contribution is 2.21. The van der Waals surface area contributed by atoms with E-state index in [1.54, 1.807) is 6.07 Å². The van der Waals surface area contributed by atoms with Crippen LogP contribution in [0, 0.1) is 0 Å². The van der Waals surface area contributed by atoms with E-state index in [9.17, 15) is 13.2 Å². The minimum Gasteiger partial charge on any atom is -0.320 e. The van der Waals surface area contributed by atoms with E-state index in [1.165, 1.54) is 19.1 Å². The number of hydrogen-bond donors (Lipinski definition) is 2. The third-order valence-electron chi connectivity index (χ3n) is 2.52. The summed E-state index contributed by atoms with van der Waals surface area (Å²) in [6.07, 6.45) is 0.700. The molecular formula is C12H17BrN2O3S. The molecule has 0 aliphatic heterocycles. The predicted octanol–water partition coefficient (Wildman–Crippen LogP) is 1.54. The molecule has 0 saturated heterocycles. The number of benzene rings is 1. The van der Waals surface area contributed by atoms with E-state index >= 15 is 0 Å². The maximum Gasteiger partial charge on any atom is 0.240 e. The smallest absolute Gasteiger partial charge is 0.240 e. The molecule has 1 aromatic rings. The topological polar surface area (TPSA) is 75.3 Å². The molecule has 7 heteroatoms. The van der Waals surface area contributed by atoms with Crippen LogP contribution in [-0.4, -0.2) is 34.3 Å². The van der Waals surface area contributed by atoms with Crippen LogP contribution in [0.1, 0.15) is 23.7 Å². The molecule has 5 nitrogen and oxygen atoms in total. The number of hydrogen-bond acceptors (Lipinski definition) is 4. The molecule has 0 aliphatic rings. The SMILES string of the molecule is CNCCCNS(=O)(=O)c1ccc(Br)c(C(C)=O)c1. The summed E-state index contributed by atoms with van der Waals surface area (Å²) in [6, 6.07) is 4.42. The van der Waals surface area contributed by atoms with Crippen molar-refractivity contribution >= 4 is 31.7 Å². The average Bonchev–Trinajstić information content (AvgIpc) is 2.34. The Morgan fingerprint density at radius 1 is 1.32 bits per heavy atom. The van der Waals surface area contributed by atoms with Crippen molar-refractivity contribution in [1.82, 2.24) is 10.0 Å². The molecule has 0 bridgehead atoms. The van der Waals surface area contributed by atoms with E-state index in [1.807, 2.05) is 7.05 Å². The van der Waals surface area contributed by atoms with Gasteiger partial charge in [-0.2, -0.15) is 0 Å². The number of carbonyl (C=O) groups is 1. The highest BCUT2D eigenvalue weighted by Gasteiger charge is 2.16. The predicted molar refractivity (Wildman–Crippen MR) is 77.9 cm³/mol. The zero-order valence-corrected chi connectivity index (χ0v) is 13.3. The average molecular weight is 349 g/mol. The normalized spacial score (nSPS) is 11.5. The third kappa shape index (κ3) is 4.68. The van der Waals surface area contributed by atoms with Crippen LogP contribution in [0.5, 0.6) is 0 Å². The minimum atomic E-state index is -3.56. The maximum atomic E-state index is 12.0. The van der Waals surface area contributed by atoms with E-state index in [0.29, 0.717) is 23.0 Å². The van der Waals surface area contributed by atoms with E-state index in [4.69, 9.17) is 0 Å². The van der Waals surface area contributed by atoms with Gasteiger partial charge in [-0.1, -0.05) is 15.9 Å². The fourth-order valence-electron chi connectivity index (χ4n) is 1.50. The van der Waals surface area contributed by atoms with Crippen LogP contribution in [0.15, 0.2) is 27.6 Å². The van der Waals surface area contributed by atoms with E-state index in [-0.39, 0.29) is 10.7 Å². The van der Waals surface area contributed by atoms with Gasteiger partial charge < -0.3 is 5.32 Å². The van der Waals surface area contributed by atoms with Gasteiger partial charge in [-0.25, -0.2) is 13.1 Å². The molecule has 106 valence electrons. The molecule has 0 aliphatic carbocycles. The number of Topliss-reactive ketones (excluding diaryl/α,β-unsaturated/α-hetero) is 1. The largest absolute Gasteiger partial charge is 0.320 e. The first-order chi connectivity index (χ1) is 8.88. The first kappa shape index (κ1) is 16.3. The molecule has 0 radical (unpaired) electrons. The Hall–Kier alpha value is -0.760. The molecule has 2 N–H and O–H groups in total. The zero-order valence-electron chi connectivity index (χ0n) is 10.9. The number of carbonyl (C=O) groups excluding carboxylic acids is 1. The quantitative estimate of drug-likeness (QED) is 0.578. The highest BCUT2D eigenvalue weighted by atomic mass is 79.9. The lowest BCUT2D eigenvalue weighted by Gasteiger charge is -2.08. The second-order valence-corrected chi connectivity index (χ2v) is 6.67. The maximum absolute atomic E-state index is 12.0. The van der Waals surface area contributed by atoms with Crippen molar-refractivity contribution in [2.45, 2.75) is 18.2 Å². The summed E-state index contributed by atoms with van der Waals surface area (Å²) >= 11 is 3.23. The fraction of sp³-hybridized carbons (Fsp3) is 0.417. The summed E-state index contributed by atoms with van der Waals surface area (Å²) in [5.74, 6) is -0.181. The summed E-state index contributed by atoms with van der Waals surface area (Å²) in [5.41, 5.74) is 0.359. The number of ketones is 1.